The molecule has 1 amide bonds. The van der Waals surface area contributed by atoms with Gasteiger partial charge in [-0.3, -0.25) is 4.79 Å². The van der Waals surface area contributed by atoms with E-state index in [9.17, 15) is 17.6 Å². The summed E-state index contributed by atoms with van der Waals surface area (Å²) in [5.41, 5.74) is 7.97. The molecular weight excluding hydrogens is 457 g/mol. The van der Waals surface area contributed by atoms with Crippen LogP contribution >= 0.6 is 11.6 Å². The highest BCUT2D eigenvalue weighted by molar-refractivity contribution is 7.91. The third-order valence-corrected chi connectivity index (χ3v) is 8.48. The van der Waals surface area contributed by atoms with Crippen molar-refractivity contribution in [1.29, 1.82) is 0 Å². The number of anilines is 1. The summed E-state index contributed by atoms with van der Waals surface area (Å²) >= 11 is 5.71. The Hall–Kier alpha value is -2.30. The first-order valence-electron chi connectivity index (χ1n) is 10.5. The van der Waals surface area contributed by atoms with Crippen LogP contribution < -0.4 is 10.6 Å². The van der Waals surface area contributed by atoms with Gasteiger partial charge in [-0.15, -0.1) is 0 Å². The highest BCUT2D eigenvalue weighted by Gasteiger charge is 2.40. The van der Waals surface area contributed by atoms with Crippen molar-refractivity contribution in [2.75, 3.05) is 31.1 Å². The molecule has 2 aliphatic rings. The first-order chi connectivity index (χ1) is 15.2. The van der Waals surface area contributed by atoms with E-state index in [2.05, 4.69) is 9.97 Å². The molecule has 0 aliphatic carbocycles. The maximum Gasteiger partial charge on any atom is 0.239 e. The van der Waals surface area contributed by atoms with E-state index in [-0.39, 0.29) is 23.1 Å². The number of nitrogens with two attached hydrogens (primary N) is 1. The normalized spacial score (nSPS) is 20.8. The minimum atomic E-state index is -3.27. The smallest absolute Gasteiger partial charge is 0.239 e. The molecule has 2 atom stereocenters. The van der Waals surface area contributed by atoms with Crippen molar-refractivity contribution in [3.05, 3.63) is 52.2 Å². The van der Waals surface area contributed by atoms with Crippen LogP contribution in [-0.4, -0.2) is 61.4 Å². The fourth-order valence-corrected chi connectivity index (χ4v) is 6.47. The third-order valence-electron chi connectivity index (χ3n) is 6.06. The van der Waals surface area contributed by atoms with E-state index in [1.165, 1.54) is 18.5 Å². The molecule has 0 bridgehead atoms. The van der Waals surface area contributed by atoms with Crippen molar-refractivity contribution in [1.82, 2.24) is 14.9 Å². The van der Waals surface area contributed by atoms with Gasteiger partial charge in [-0.1, -0.05) is 24.6 Å². The second kappa shape index (κ2) is 8.92. The van der Waals surface area contributed by atoms with E-state index < -0.39 is 26.9 Å². The van der Waals surface area contributed by atoms with Crippen molar-refractivity contribution in [3.8, 4) is 0 Å². The predicted molar refractivity (Wildman–Crippen MR) is 120 cm³/mol. The van der Waals surface area contributed by atoms with E-state index in [0.29, 0.717) is 55.2 Å². The maximum atomic E-state index is 13.7. The lowest BCUT2D eigenvalue weighted by Gasteiger charge is -2.37. The maximum absolute atomic E-state index is 13.7. The number of hydrogen-bond donors (Lipinski definition) is 1. The first kappa shape index (κ1) is 22.9. The number of amides is 1. The van der Waals surface area contributed by atoms with Crippen LogP contribution in [0, 0.1) is 5.82 Å². The number of aromatic nitrogens is 2. The second-order valence-corrected chi connectivity index (χ2v) is 10.7. The van der Waals surface area contributed by atoms with Gasteiger partial charge in [0.2, 0.25) is 5.91 Å². The SMILES string of the molecule is CCC1c2c(ncnc2N2CCN(C(=O)C(N)Cc3ccc(Cl)c(F)c3)CC2)CS1(=O)=O. The number of benzene rings is 1. The summed E-state index contributed by atoms with van der Waals surface area (Å²) in [5, 5.41) is -0.569. The van der Waals surface area contributed by atoms with Crippen LogP contribution in [-0.2, 0) is 26.8 Å². The lowest BCUT2D eigenvalue weighted by atomic mass is 10.0. The number of piperazine rings is 1. The van der Waals surface area contributed by atoms with Gasteiger partial charge in [-0.05, 0) is 30.5 Å². The van der Waals surface area contributed by atoms with Crippen LogP contribution in [0.2, 0.25) is 5.02 Å². The standard InChI is InChI=1S/C21H25ClFN5O3S/c1-2-18-19-17(11-32(18,30)31)25-12-26-20(19)27-5-7-28(8-6-27)21(29)16(24)10-13-3-4-14(22)15(23)9-13/h3-4,9,12,16,18H,2,5-8,10-11,24H2,1H3. The summed E-state index contributed by atoms with van der Waals surface area (Å²) < 4.78 is 38.7. The van der Waals surface area contributed by atoms with Gasteiger partial charge in [0.05, 0.1) is 27.8 Å². The number of carbonyl (C=O) groups is 1. The largest absolute Gasteiger partial charge is 0.353 e. The van der Waals surface area contributed by atoms with Crippen molar-refractivity contribution in [2.45, 2.75) is 36.8 Å². The second-order valence-electron chi connectivity index (χ2n) is 8.13. The van der Waals surface area contributed by atoms with Gasteiger partial charge in [-0.2, -0.15) is 0 Å². The van der Waals surface area contributed by atoms with Gasteiger partial charge in [0.25, 0.3) is 0 Å². The van der Waals surface area contributed by atoms with Crippen molar-refractivity contribution in [3.63, 3.8) is 0 Å². The van der Waals surface area contributed by atoms with Crippen LogP contribution in [0.15, 0.2) is 24.5 Å². The quantitative estimate of drug-likeness (QED) is 0.694. The number of nitrogens with zero attached hydrogens (tertiary/aromatic N) is 4. The monoisotopic (exact) mass is 481 g/mol. The summed E-state index contributed by atoms with van der Waals surface area (Å²) in [6, 6.07) is 3.61. The number of rotatable bonds is 5. The van der Waals surface area contributed by atoms with E-state index in [1.54, 1.807) is 11.0 Å². The molecule has 2 aliphatic heterocycles. The minimum Gasteiger partial charge on any atom is -0.353 e. The van der Waals surface area contributed by atoms with Gasteiger partial charge >= 0.3 is 0 Å². The number of fused-ring (bicyclic) bond motifs is 1. The van der Waals surface area contributed by atoms with Gasteiger partial charge in [0.15, 0.2) is 9.84 Å². The van der Waals surface area contributed by atoms with Gasteiger partial charge in [0.1, 0.15) is 18.0 Å². The predicted octanol–water partition coefficient (Wildman–Crippen LogP) is 1.87. The summed E-state index contributed by atoms with van der Waals surface area (Å²) in [4.78, 5) is 25.1. The molecule has 0 saturated carbocycles. The van der Waals surface area contributed by atoms with E-state index in [1.807, 2.05) is 11.8 Å². The Morgan fingerprint density at radius 1 is 1.28 bits per heavy atom. The lowest BCUT2D eigenvalue weighted by Crippen LogP contribution is -2.54. The molecule has 2 N–H and O–H groups in total. The minimum absolute atomic E-state index is 0.0269. The average Bonchev–Trinajstić information content (AvgIpc) is 3.04. The fourth-order valence-electron chi connectivity index (χ4n) is 4.43. The Bertz CT molecular complexity index is 1140. The molecule has 2 unspecified atom stereocenters. The first-order valence-corrected chi connectivity index (χ1v) is 12.6. The summed E-state index contributed by atoms with van der Waals surface area (Å²) in [6.07, 6.45) is 2.08. The summed E-state index contributed by atoms with van der Waals surface area (Å²) in [7, 11) is -3.27. The van der Waals surface area contributed by atoms with Crippen molar-refractivity contribution < 1.29 is 17.6 Å². The zero-order valence-electron chi connectivity index (χ0n) is 17.7. The van der Waals surface area contributed by atoms with Gasteiger partial charge in [0, 0.05) is 31.7 Å². The fraction of sp³-hybridized carbons (Fsp3) is 0.476. The van der Waals surface area contributed by atoms with Crippen LogP contribution in [0.3, 0.4) is 0 Å². The molecular formula is C21H25ClFN5O3S. The number of sulfone groups is 1. The zero-order chi connectivity index (χ0) is 23.0. The molecule has 1 aromatic heterocycles. The molecule has 1 fully saturated rings. The number of carbonyl (C=O) groups excluding carboxylic acids is 1. The van der Waals surface area contributed by atoms with Crippen LogP contribution in [0.25, 0.3) is 0 Å². The molecule has 32 heavy (non-hydrogen) atoms. The molecule has 1 saturated heterocycles. The van der Waals surface area contributed by atoms with E-state index >= 15 is 0 Å². The highest BCUT2D eigenvalue weighted by atomic mass is 35.5. The molecule has 8 nitrogen and oxygen atoms in total. The van der Waals surface area contributed by atoms with E-state index in [4.69, 9.17) is 17.3 Å². The highest BCUT2D eigenvalue weighted by Crippen LogP contribution is 2.42. The summed E-state index contributed by atoms with van der Waals surface area (Å²) in [6.45, 7) is 3.73. The molecule has 1 aromatic carbocycles. The number of halogens is 2. The molecule has 2 aromatic rings. The van der Waals surface area contributed by atoms with Crippen LogP contribution in [0.1, 0.15) is 35.4 Å². The molecule has 0 radical (unpaired) electrons. The van der Waals surface area contributed by atoms with E-state index in [0.717, 1.165) is 0 Å². The van der Waals surface area contributed by atoms with Crippen LogP contribution in [0.5, 0.6) is 0 Å². The number of hydrogen-bond acceptors (Lipinski definition) is 7. The molecule has 172 valence electrons. The Balaban J connectivity index is 1.42. The Morgan fingerprint density at radius 2 is 2.00 bits per heavy atom. The Morgan fingerprint density at radius 3 is 2.66 bits per heavy atom. The third kappa shape index (κ3) is 4.31. The van der Waals surface area contributed by atoms with Crippen molar-refractivity contribution >= 4 is 33.2 Å². The van der Waals surface area contributed by atoms with Crippen LogP contribution in [0.4, 0.5) is 10.2 Å². The van der Waals surface area contributed by atoms with Gasteiger partial charge in [-0.25, -0.2) is 22.8 Å². The molecule has 4 rings (SSSR count). The Labute approximate surface area is 191 Å². The summed E-state index contributed by atoms with van der Waals surface area (Å²) in [5.74, 6) is -0.172. The lowest BCUT2D eigenvalue weighted by molar-refractivity contribution is -0.132. The van der Waals surface area contributed by atoms with Gasteiger partial charge < -0.3 is 15.5 Å². The molecule has 0 spiro atoms. The average molecular weight is 482 g/mol. The Kier molecular flexibility index (Phi) is 6.37. The zero-order valence-corrected chi connectivity index (χ0v) is 19.2. The molecule has 11 heteroatoms. The molecule has 3 heterocycles. The topological polar surface area (TPSA) is 109 Å². The van der Waals surface area contributed by atoms with Crippen molar-refractivity contribution in [2.24, 2.45) is 5.73 Å².